The Morgan fingerprint density at radius 3 is 2.56 bits per heavy atom. The molecule has 4 aromatic rings. The van der Waals surface area contributed by atoms with Gasteiger partial charge in [-0.05, 0) is 25.0 Å². The Bertz CT molecular complexity index is 1680. The van der Waals surface area contributed by atoms with Crippen molar-refractivity contribution >= 4 is 37.9 Å². The van der Waals surface area contributed by atoms with Gasteiger partial charge in [0.1, 0.15) is 21.8 Å². The lowest BCUT2D eigenvalue weighted by Crippen LogP contribution is -2.59. The van der Waals surface area contributed by atoms with Crippen LogP contribution in [0, 0.1) is 0 Å². The predicted molar refractivity (Wildman–Crippen MR) is 152 cm³/mol. The number of imidazole rings is 2. The lowest BCUT2D eigenvalue weighted by molar-refractivity contribution is -0.0172. The normalized spacial score (nSPS) is 20.6. The van der Waals surface area contributed by atoms with Crippen LogP contribution >= 0.6 is 0 Å². The van der Waals surface area contributed by atoms with E-state index in [-0.39, 0.29) is 24.2 Å². The van der Waals surface area contributed by atoms with E-state index in [2.05, 4.69) is 9.80 Å². The summed E-state index contributed by atoms with van der Waals surface area (Å²) in [4.78, 5) is 24.1. The fourth-order valence-electron chi connectivity index (χ4n) is 6.02. The molecule has 3 fully saturated rings. The topological polar surface area (TPSA) is 141 Å². The largest absolute Gasteiger partial charge is 0.459 e. The average Bonchev–Trinajstić information content (AvgIpc) is 3.48. The highest BCUT2D eigenvalue weighted by Gasteiger charge is 2.37. The molecule has 3 aromatic heterocycles. The summed E-state index contributed by atoms with van der Waals surface area (Å²) in [5.74, 6) is 2.40. The fourth-order valence-corrected chi connectivity index (χ4v) is 7.48. The van der Waals surface area contributed by atoms with Crippen molar-refractivity contribution in [2.45, 2.75) is 31.4 Å². The second-order valence-electron chi connectivity index (χ2n) is 11.0. The minimum Gasteiger partial charge on any atom is -0.459 e. The van der Waals surface area contributed by atoms with Crippen LogP contribution in [0.4, 0.5) is 5.82 Å². The summed E-state index contributed by atoms with van der Waals surface area (Å²) in [6.07, 6.45) is 1.71. The molecule has 0 amide bonds. The summed E-state index contributed by atoms with van der Waals surface area (Å²) in [5, 5.41) is 9.75. The third-order valence-electron chi connectivity index (χ3n) is 8.31. The van der Waals surface area contributed by atoms with E-state index in [4.69, 9.17) is 29.4 Å². The van der Waals surface area contributed by atoms with Crippen LogP contribution in [0.1, 0.15) is 18.7 Å². The van der Waals surface area contributed by atoms with E-state index in [1.165, 1.54) is 0 Å². The minimum atomic E-state index is -2.88. The molecule has 7 rings (SSSR count). The number of ether oxygens (including phenoxy) is 2. The number of likely N-dealkylation sites (tertiary alicyclic amines) is 1. The second-order valence-corrected chi connectivity index (χ2v) is 13.3. The first kappa shape index (κ1) is 26.6. The number of nitrogens with zero attached hydrogens (tertiary/aromatic N) is 8. The van der Waals surface area contributed by atoms with Crippen LogP contribution in [0.3, 0.4) is 0 Å². The van der Waals surface area contributed by atoms with Gasteiger partial charge in [0.15, 0.2) is 17.0 Å². The summed E-state index contributed by atoms with van der Waals surface area (Å²) in [5.41, 5.74) is 2.99. The maximum Gasteiger partial charge on any atom is 0.298 e. The highest BCUT2D eigenvalue weighted by atomic mass is 32.2. The van der Waals surface area contributed by atoms with Gasteiger partial charge in [-0.1, -0.05) is 12.1 Å². The number of rotatable bonds is 7. The molecule has 0 spiro atoms. The molecule has 41 heavy (non-hydrogen) atoms. The smallest absolute Gasteiger partial charge is 0.298 e. The molecule has 13 nitrogen and oxygen atoms in total. The number of aliphatic hydroxyl groups is 1. The van der Waals surface area contributed by atoms with Crippen molar-refractivity contribution in [3.05, 3.63) is 30.1 Å². The third-order valence-corrected chi connectivity index (χ3v) is 10.0. The van der Waals surface area contributed by atoms with E-state index in [0.717, 1.165) is 24.1 Å². The van der Waals surface area contributed by atoms with Gasteiger partial charge >= 0.3 is 0 Å². The maximum absolute atomic E-state index is 11.8. The van der Waals surface area contributed by atoms with E-state index in [9.17, 15) is 13.5 Å². The molecular weight excluding hydrogens is 548 g/mol. The van der Waals surface area contributed by atoms with Gasteiger partial charge in [0.05, 0.1) is 42.4 Å². The zero-order valence-electron chi connectivity index (χ0n) is 23.0. The zero-order chi connectivity index (χ0) is 28.1. The van der Waals surface area contributed by atoms with Gasteiger partial charge in [0, 0.05) is 45.7 Å². The zero-order valence-corrected chi connectivity index (χ0v) is 23.8. The Labute approximate surface area is 237 Å². The average molecular weight is 583 g/mol. The molecule has 218 valence electrons. The molecular formula is C27H34N8O5S. The van der Waals surface area contributed by atoms with Crippen LogP contribution in [0.15, 0.2) is 24.3 Å². The fraction of sp³-hybridized carbons (Fsp3) is 0.556. The summed E-state index contributed by atoms with van der Waals surface area (Å²) in [7, 11) is -0.985. The van der Waals surface area contributed by atoms with Crippen molar-refractivity contribution < 1.29 is 23.0 Å². The van der Waals surface area contributed by atoms with Crippen LogP contribution in [0.25, 0.3) is 28.1 Å². The Hall–Kier alpha value is -3.33. The number of aliphatic hydroxyl groups excluding tert-OH is 1. The van der Waals surface area contributed by atoms with E-state index in [0.29, 0.717) is 86.4 Å². The summed E-state index contributed by atoms with van der Waals surface area (Å²) >= 11 is 0. The van der Waals surface area contributed by atoms with Crippen molar-refractivity contribution in [1.82, 2.24) is 34.0 Å². The molecule has 0 saturated carbocycles. The Morgan fingerprint density at radius 2 is 1.80 bits per heavy atom. The lowest BCUT2D eigenvalue weighted by Gasteiger charge is -2.44. The van der Waals surface area contributed by atoms with E-state index in [1.54, 1.807) is 0 Å². The van der Waals surface area contributed by atoms with Gasteiger partial charge in [-0.3, -0.25) is 14.0 Å². The SMILES string of the molecule is Cn1c(OC2CN(C3CCS(=O)(=O)CC3)C2)nc2c(N3CCOCC3)nc(-n3c(CCO)nc4ccccc43)nc21. The number of hydrogen-bond donors (Lipinski definition) is 1. The number of benzene rings is 1. The lowest BCUT2D eigenvalue weighted by atomic mass is 10.0. The molecule has 1 N–H and O–H groups in total. The molecule has 0 atom stereocenters. The first-order chi connectivity index (χ1) is 19.9. The number of aromatic nitrogens is 6. The molecule has 0 radical (unpaired) electrons. The van der Waals surface area contributed by atoms with Crippen molar-refractivity contribution in [2.24, 2.45) is 7.05 Å². The predicted octanol–water partition coefficient (Wildman–Crippen LogP) is 0.714. The standard InChI is InChI=1S/C27H34N8O5S/c1-32-24-23(29-27(32)40-19-16-34(17-19)18-7-14-41(37,38)15-8-18)25(33-9-12-39-13-10-33)31-26(30-24)35-21-5-3-2-4-20(21)28-22(35)6-11-36/h2-5,18-19,36H,6-17H2,1H3. The molecule has 1 aromatic carbocycles. The Balaban J connectivity index is 1.23. The van der Waals surface area contributed by atoms with E-state index >= 15 is 0 Å². The Kier molecular flexibility index (Phi) is 6.80. The van der Waals surface area contributed by atoms with E-state index < -0.39 is 9.84 Å². The summed E-state index contributed by atoms with van der Waals surface area (Å²) in [6, 6.07) is 8.58. The molecule has 0 unspecified atom stereocenters. The molecule has 0 aliphatic carbocycles. The Morgan fingerprint density at radius 1 is 1.05 bits per heavy atom. The number of morpholine rings is 1. The highest BCUT2D eigenvalue weighted by Crippen LogP contribution is 2.32. The first-order valence-corrected chi connectivity index (χ1v) is 16.0. The highest BCUT2D eigenvalue weighted by molar-refractivity contribution is 7.91. The van der Waals surface area contributed by atoms with Crippen LogP contribution in [0.5, 0.6) is 6.01 Å². The van der Waals surface area contributed by atoms with Gasteiger partial charge in [0.25, 0.3) is 6.01 Å². The first-order valence-electron chi connectivity index (χ1n) is 14.2. The molecule has 14 heteroatoms. The molecule has 3 aliphatic rings. The third kappa shape index (κ3) is 4.92. The number of sulfone groups is 1. The number of para-hydroxylation sites is 2. The van der Waals surface area contributed by atoms with Crippen LogP contribution in [0.2, 0.25) is 0 Å². The van der Waals surface area contributed by atoms with Crippen LogP contribution < -0.4 is 9.64 Å². The van der Waals surface area contributed by atoms with Crippen molar-refractivity contribution in [3.63, 3.8) is 0 Å². The monoisotopic (exact) mass is 582 g/mol. The number of fused-ring (bicyclic) bond motifs is 2. The van der Waals surface area contributed by atoms with Crippen LogP contribution in [-0.2, 0) is 28.0 Å². The van der Waals surface area contributed by atoms with Gasteiger partial charge in [-0.2, -0.15) is 15.0 Å². The second kappa shape index (κ2) is 10.5. The quantitative estimate of drug-likeness (QED) is 0.329. The number of hydrogen-bond acceptors (Lipinski definition) is 11. The van der Waals surface area contributed by atoms with Crippen molar-refractivity contribution in [1.29, 1.82) is 0 Å². The maximum atomic E-state index is 11.8. The summed E-state index contributed by atoms with van der Waals surface area (Å²) < 4.78 is 39.4. The molecule has 0 bridgehead atoms. The van der Waals surface area contributed by atoms with Crippen molar-refractivity contribution in [3.8, 4) is 12.0 Å². The summed E-state index contributed by atoms with van der Waals surface area (Å²) in [6.45, 7) is 4.00. The molecule has 3 aliphatic heterocycles. The van der Waals surface area contributed by atoms with Crippen LogP contribution in [-0.4, -0.2) is 117 Å². The van der Waals surface area contributed by atoms with Gasteiger partial charge in [0.2, 0.25) is 5.95 Å². The minimum absolute atomic E-state index is 0.0305. The molecule has 6 heterocycles. The van der Waals surface area contributed by atoms with Gasteiger partial charge < -0.3 is 19.5 Å². The van der Waals surface area contributed by atoms with E-state index in [1.807, 2.05) is 40.4 Å². The van der Waals surface area contributed by atoms with Gasteiger partial charge in [-0.15, -0.1) is 0 Å². The molecule has 3 saturated heterocycles. The number of anilines is 1. The van der Waals surface area contributed by atoms with Crippen molar-refractivity contribution in [2.75, 3.05) is 62.4 Å². The number of aryl methyl sites for hydroxylation is 1. The van der Waals surface area contributed by atoms with Gasteiger partial charge in [-0.25, -0.2) is 13.4 Å².